The second-order valence-electron chi connectivity index (χ2n) is 4.07. The summed E-state index contributed by atoms with van der Waals surface area (Å²) in [6, 6.07) is 9.15. The largest absolute Gasteiger partial charge is 0.308 e. The Hall–Kier alpha value is -2.47. The Kier molecular flexibility index (Phi) is 4.27. The van der Waals surface area contributed by atoms with Crippen LogP contribution in [0.25, 0.3) is 0 Å². The molecule has 1 aromatic heterocycles. The number of hydrogen-bond acceptors (Lipinski definition) is 4. The lowest BCUT2D eigenvalue weighted by Gasteiger charge is -2.22. The molecular weight excluding hydrogens is 259 g/mol. The molecule has 0 atom stereocenters. The van der Waals surface area contributed by atoms with Crippen molar-refractivity contribution in [3.63, 3.8) is 0 Å². The van der Waals surface area contributed by atoms with E-state index < -0.39 is 5.82 Å². The van der Waals surface area contributed by atoms with Crippen LogP contribution >= 0.6 is 0 Å². The van der Waals surface area contributed by atoms with Crippen molar-refractivity contribution in [2.45, 2.75) is 6.92 Å². The van der Waals surface area contributed by atoms with Gasteiger partial charge >= 0.3 is 0 Å². The van der Waals surface area contributed by atoms with Crippen LogP contribution in [0.5, 0.6) is 0 Å². The number of hydrazine groups is 1. The normalized spacial score (nSPS) is 10.2. The van der Waals surface area contributed by atoms with Gasteiger partial charge in [-0.25, -0.2) is 15.2 Å². The number of rotatable bonds is 4. The molecule has 0 saturated carbocycles. The molecule has 0 unspecified atom stereocenters. The van der Waals surface area contributed by atoms with Crippen molar-refractivity contribution in [1.82, 2.24) is 4.98 Å². The molecule has 5 nitrogen and oxygen atoms in total. The Morgan fingerprint density at radius 1 is 1.40 bits per heavy atom. The molecule has 0 fully saturated rings. The third kappa shape index (κ3) is 2.75. The number of carbonyl (C=O) groups excluding carboxylic acids is 1. The van der Waals surface area contributed by atoms with Crippen LogP contribution in [0.1, 0.15) is 17.3 Å². The highest BCUT2D eigenvalue weighted by molar-refractivity contribution is 6.08. The van der Waals surface area contributed by atoms with E-state index in [2.05, 4.69) is 10.4 Å². The Morgan fingerprint density at radius 3 is 2.85 bits per heavy atom. The molecule has 1 heterocycles. The molecule has 20 heavy (non-hydrogen) atoms. The minimum atomic E-state index is -0.392. The number of carbonyl (C=O) groups is 1. The van der Waals surface area contributed by atoms with E-state index in [0.29, 0.717) is 17.8 Å². The summed E-state index contributed by atoms with van der Waals surface area (Å²) in [7, 11) is 0. The molecule has 0 aliphatic heterocycles. The summed E-state index contributed by atoms with van der Waals surface area (Å²) in [4.78, 5) is 18.0. The Labute approximate surface area is 116 Å². The first-order valence-corrected chi connectivity index (χ1v) is 6.16. The van der Waals surface area contributed by atoms with Crippen molar-refractivity contribution >= 4 is 17.4 Å². The van der Waals surface area contributed by atoms with Gasteiger partial charge < -0.3 is 10.3 Å². The van der Waals surface area contributed by atoms with E-state index in [1.807, 2.05) is 6.92 Å². The van der Waals surface area contributed by atoms with Crippen molar-refractivity contribution in [3.05, 3.63) is 54.0 Å². The molecule has 0 bridgehead atoms. The number of amides is 1. The monoisotopic (exact) mass is 274 g/mol. The molecule has 6 heteroatoms. The number of nitrogens with two attached hydrogens (primary N) is 1. The molecule has 0 saturated heterocycles. The average Bonchev–Trinajstić information content (AvgIpc) is 2.48. The second-order valence-corrected chi connectivity index (χ2v) is 4.07. The first-order chi connectivity index (χ1) is 9.67. The third-order valence-electron chi connectivity index (χ3n) is 2.86. The first kappa shape index (κ1) is 14.0. The number of halogens is 1. The van der Waals surface area contributed by atoms with Gasteiger partial charge in [0.05, 0.1) is 5.56 Å². The number of hydrogen-bond donors (Lipinski definition) is 2. The van der Waals surface area contributed by atoms with Gasteiger partial charge in [-0.15, -0.1) is 0 Å². The zero-order valence-corrected chi connectivity index (χ0v) is 11.0. The summed E-state index contributed by atoms with van der Waals surface area (Å²) < 4.78 is 13.3. The quantitative estimate of drug-likeness (QED) is 0.662. The maximum Gasteiger partial charge on any atom is 0.262 e. The van der Waals surface area contributed by atoms with Crippen LogP contribution in [-0.2, 0) is 0 Å². The summed E-state index contributed by atoms with van der Waals surface area (Å²) in [6.07, 6.45) is 1.53. The molecule has 0 aliphatic rings. The molecular formula is C14H15FN4O. The van der Waals surface area contributed by atoms with E-state index in [9.17, 15) is 9.18 Å². The van der Waals surface area contributed by atoms with Gasteiger partial charge in [0, 0.05) is 18.4 Å². The van der Waals surface area contributed by atoms with Crippen LogP contribution in [-0.4, -0.2) is 17.4 Å². The standard InChI is InChI=1S/C14H15FN4O/c1-2-19(11-6-3-5-10(15)9-11)14(20)12-7-4-8-17-13(12)18-16/h3-9H,2,16H2,1H3,(H,17,18). The molecule has 2 rings (SSSR count). The number of anilines is 2. The van der Waals surface area contributed by atoms with Crippen LogP contribution in [0, 0.1) is 5.82 Å². The van der Waals surface area contributed by atoms with Gasteiger partial charge in [-0.2, -0.15) is 0 Å². The number of nitrogens with one attached hydrogen (secondary N) is 1. The summed E-state index contributed by atoms with van der Waals surface area (Å²) in [5.41, 5.74) is 3.21. The molecule has 0 aliphatic carbocycles. The highest BCUT2D eigenvalue weighted by atomic mass is 19.1. The lowest BCUT2D eigenvalue weighted by atomic mass is 10.2. The average molecular weight is 274 g/mol. The Morgan fingerprint density at radius 2 is 2.20 bits per heavy atom. The van der Waals surface area contributed by atoms with Crippen molar-refractivity contribution in [1.29, 1.82) is 0 Å². The summed E-state index contributed by atoms with van der Waals surface area (Å²) in [5, 5.41) is 0. The number of nitrogens with zero attached hydrogens (tertiary/aromatic N) is 2. The first-order valence-electron chi connectivity index (χ1n) is 6.16. The van der Waals surface area contributed by atoms with Crippen molar-refractivity contribution in [2.24, 2.45) is 5.84 Å². The van der Waals surface area contributed by atoms with Gasteiger partial charge in [0.15, 0.2) is 5.82 Å². The molecule has 104 valence electrons. The Balaban J connectivity index is 2.39. The molecule has 3 N–H and O–H groups in total. The Bertz CT molecular complexity index is 618. The molecule has 2 aromatic rings. The van der Waals surface area contributed by atoms with Gasteiger partial charge in [-0.1, -0.05) is 6.07 Å². The predicted molar refractivity (Wildman–Crippen MR) is 75.8 cm³/mol. The maximum atomic E-state index is 13.3. The third-order valence-corrected chi connectivity index (χ3v) is 2.86. The van der Waals surface area contributed by atoms with E-state index in [1.54, 1.807) is 24.3 Å². The highest BCUT2D eigenvalue weighted by Crippen LogP contribution is 2.20. The number of pyridine rings is 1. The fraction of sp³-hybridized carbons (Fsp3) is 0.143. The fourth-order valence-corrected chi connectivity index (χ4v) is 1.93. The van der Waals surface area contributed by atoms with E-state index in [0.717, 1.165) is 0 Å². The predicted octanol–water partition coefficient (Wildman–Crippen LogP) is 2.17. The highest BCUT2D eigenvalue weighted by Gasteiger charge is 2.19. The SMILES string of the molecule is CCN(C(=O)c1cccnc1NN)c1cccc(F)c1. The van der Waals surface area contributed by atoms with Crippen molar-refractivity contribution in [3.8, 4) is 0 Å². The lowest BCUT2D eigenvalue weighted by molar-refractivity contribution is 0.0989. The zero-order valence-electron chi connectivity index (χ0n) is 11.0. The maximum absolute atomic E-state index is 13.3. The molecule has 0 spiro atoms. The van der Waals surface area contributed by atoms with Crippen LogP contribution in [0.15, 0.2) is 42.6 Å². The van der Waals surface area contributed by atoms with Gasteiger partial charge in [-0.05, 0) is 37.3 Å². The number of benzene rings is 1. The minimum Gasteiger partial charge on any atom is -0.308 e. The van der Waals surface area contributed by atoms with E-state index in [1.165, 1.54) is 23.2 Å². The minimum absolute atomic E-state index is 0.285. The van der Waals surface area contributed by atoms with Gasteiger partial charge in [0.1, 0.15) is 5.82 Å². The topological polar surface area (TPSA) is 71.2 Å². The summed E-state index contributed by atoms with van der Waals surface area (Å²) in [6.45, 7) is 2.22. The van der Waals surface area contributed by atoms with Gasteiger partial charge in [0.2, 0.25) is 0 Å². The van der Waals surface area contributed by atoms with E-state index >= 15 is 0 Å². The van der Waals surface area contributed by atoms with Gasteiger partial charge in [0.25, 0.3) is 5.91 Å². The lowest BCUT2D eigenvalue weighted by Crippen LogP contribution is -2.32. The fourth-order valence-electron chi connectivity index (χ4n) is 1.93. The zero-order chi connectivity index (χ0) is 14.5. The number of nitrogen functional groups attached to an aromatic ring is 1. The molecule has 1 aromatic carbocycles. The van der Waals surface area contributed by atoms with Gasteiger partial charge in [-0.3, -0.25) is 4.79 Å². The van der Waals surface area contributed by atoms with E-state index in [-0.39, 0.29) is 11.7 Å². The summed E-state index contributed by atoms with van der Waals surface area (Å²) >= 11 is 0. The van der Waals surface area contributed by atoms with Crippen LogP contribution in [0.4, 0.5) is 15.9 Å². The molecule has 0 radical (unpaired) electrons. The van der Waals surface area contributed by atoms with Crippen LogP contribution in [0.2, 0.25) is 0 Å². The molecule has 1 amide bonds. The van der Waals surface area contributed by atoms with E-state index in [4.69, 9.17) is 5.84 Å². The van der Waals surface area contributed by atoms with Crippen LogP contribution in [0.3, 0.4) is 0 Å². The van der Waals surface area contributed by atoms with Crippen molar-refractivity contribution < 1.29 is 9.18 Å². The summed E-state index contributed by atoms with van der Waals surface area (Å²) in [5.74, 6) is 4.95. The smallest absolute Gasteiger partial charge is 0.262 e. The van der Waals surface area contributed by atoms with Crippen LogP contribution < -0.4 is 16.2 Å². The number of aromatic nitrogens is 1. The van der Waals surface area contributed by atoms with Crippen molar-refractivity contribution in [2.75, 3.05) is 16.9 Å². The second kappa shape index (κ2) is 6.12.